The third kappa shape index (κ3) is 4.35. The first kappa shape index (κ1) is 17.4. The maximum Gasteiger partial charge on any atom is 0.108 e. The molecule has 2 aromatic carbocycles. The van der Waals surface area contributed by atoms with Crippen molar-refractivity contribution < 1.29 is 9.84 Å². The van der Waals surface area contributed by atoms with Crippen LogP contribution in [0.25, 0.3) is 0 Å². The molecular formula is C21H24N2O2. The predicted molar refractivity (Wildman–Crippen MR) is 98.4 cm³/mol. The van der Waals surface area contributed by atoms with Gasteiger partial charge in [0.15, 0.2) is 0 Å². The molecule has 0 saturated heterocycles. The normalized spacial score (nSPS) is 13.6. The van der Waals surface area contributed by atoms with E-state index in [1.807, 2.05) is 48.0 Å². The number of aromatic nitrogens is 2. The lowest BCUT2D eigenvalue weighted by molar-refractivity contribution is -0.000980. The van der Waals surface area contributed by atoms with Gasteiger partial charge in [-0.2, -0.15) is 0 Å². The van der Waals surface area contributed by atoms with Crippen molar-refractivity contribution in [2.24, 2.45) is 0 Å². The van der Waals surface area contributed by atoms with Crippen molar-refractivity contribution in [3.8, 4) is 0 Å². The summed E-state index contributed by atoms with van der Waals surface area (Å²) in [6.45, 7) is 4.74. The summed E-state index contributed by atoms with van der Waals surface area (Å²) in [6.07, 6.45) is 2.82. The van der Waals surface area contributed by atoms with E-state index in [0.29, 0.717) is 6.54 Å². The van der Waals surface area contributed by atoms with Gasteiger partial charge in [-0.1, -0.05) is 54.6 Å². The number of imidazole rings is 1. The highest BCUT2D eigenvalue weighted by atomic mass is 16.5. The summed E-state index contributed by atoms with van der Waals surface area (Å²) in [5.74, 6) is 0.887. The molecule has 3 rings (SSSR count). The summed E-state index contributed by atoms with van der Waals surface area (Å²) in [4.78, 5) is 4.18. The smallest absolute Gasteiger partial charge is 0.108 e. The van der Waals surface area contributed by atoms with Crippen LogP contribution in [-0.2, 0) is 11.3 Å². The fourth-order valence-corrected chi connectivity index (χ4v) is 2.96. The van der Waals surface area contributed by atoms with Crippen LogP contribution in [0.1, 0.15) is 28.6 Å². The van der Waals surface area contributed by atoms with E-state index in [0.717, 1.165) is 17.0 Å². The van der Waals surface area contributed by atoms with Crippen molar-refractivity contribution in [3.05, 3.63) is 89.5 Å². The lowest BCUT2D eigenvalue weighted by atomic mass is 9.97. The van der Waals surface area contributed by atoms with Gasteiger partial charge >= 0.3 is 0 Å². The summed E-state index contributed by atoms with van der Waals surface area (Å²) in [7, 11) is 0. The van der Waals surface area contributed by atoms with Crippen molar-refractivity contribution in [3.63, 3.8) is 0 Å². The van der Waals surface area contributed by atoms with Crippen LogP contribution in [0.15, 0.2) is 67.0 Å². The Hall–Kier alpha value is -2.43. The Morgan fingerprint density at radius 3 is 2.44 bits per heavy atom. The average molecular weight is 336 g/mol. The van der Waals surface area contributed by atoms with E-state index in [1.165, 1.54) is 5.56 Å². The van der Waals surface area contributed by atoms with E-state index in [9.17, 15) is 5.11 Å². The van der Waals surface area contributed by atoms with Crippen molar-refractivity contribution in [1.29, 1.82) is 0 Å². The molecule has 0 aliphatic rings. The molecule has 3 aromatic rings. The Bertz CT molecular complexity index is 798. The topological polar surface area (TPSA) is 47.3 Å². The van der Waals surface area contributed by atoms with Gasteiger partial charge in [-0.25, -0.2) is 4.98 Å². The van der Waals surface area contributed by atoms with Crippen LogP contribution in [0, 0.1) is 13.8 Å². The van der Waals surface area contributed by atoms with E-state index < -0.39 is 6.10 Å². The van der Waals surface area contributed by atoms with Crippen molar-refractivity contribution >= 4 is 0 Å². The summed E-state index contributed by atoms with van der Waals surface area (Å²) >= 11 is 0. The number of ether oxygens (including phenoxy) is 1. The van der Waals surface area contributed by atoms with Gasteiger partial charge in [0, 0.05) is 12.4 Å². The van der Waals surface area contributed by atoms with Crippen LogP contribution in [0.3, 0.4) is 0 Å². The van der Waals surface area contributed by atoms with Crippen molar-refractivity contribution in [2.75, 3.05) is 6.61 Å². The minimum Gasteiger partial charge on any atom is -0.389 e. The van der Waals surface area contributed by atoms with E-state index >= 15 is 0 Å². The molecule has 0 spiro atoms. The summed E-state index contributed by atoms with van der Waals surface area (Å²) in [5, 5.41) is 10.4. The zero-order valence-electron chi connectivity index (χ0n) is 14.7. The van der Waals surface area contributed by atoms with Crippen LogP contribution in [0.5, 0.6) is 0 Å². The molecule has 0 radical (unpaired) electrons. The van der Waals surface area contributed by atoms with Gasteiger partial charge in [0.1, 0.15) is 11.9 Å². The van der Waals surface area contributed by atoms with Gasteiger partial charge in [-0.3, -0.25) is 0 Å². The number of rotatable bonds is 7. The fourth-order valence-electron chi connectivity index (χ4n) is 2.96. The SMILES string of the molecule is Cc1ccccc1[C@H](OC[C@@H](O)Cn1ccnc1C)c1ccccc1. The van der Waals surface area contributed by atoms with Gasteiger partial charge in [-0.05, 0) is 30.5 Å². The number of aliphatic hydroxyl groups is 1. The Labute approximate surface area is 148 Å². The fraction of sp³-hybridized carbons (Fsp3) is 0.286. The summed E-state index contributed by atoms with van der Waals surface area (Å²) < 4.78 is 8.09. The molecule has 4 heteroatoms. The first-order valence-electron chi connectivity index (χ1n) is 8.53. The zero-order valence-corrected chi connectivity index (χ0v) is 14.7. The first-order valence-corrected chi connectivity index (χ1v) is 8.53. The molecule has 0 bridgehead atoms. The molecule has 0 aliphatic heterocycles. The van der Waals surface area contributed by atoms with Gasteiger partial charge in [0.2, 0.25) is 0 Å². The Morgan fingerprint density at radius 1 is 1.04 bits per heavy atom. The lowest BCUT2D eigenvalue weighted by Gasteiger charge is -2.23. The molecule has 1 aromatic heterocycles. The van der Waals surface area contributed by atoms with Crippen molar-refractivity contribution in [2.45, 2.75) is 32.6 Å². The molecule has 25 heavy (non-hydrogen) atoms. The second-order valence-corrected chi connectivity index (χ2v) is 6.26. The lowest BCUT2D eigenvalue weighted by Crippen LogP contribution is -2.24. The molecule has 0 unspecified atom stereocenters. The quantitative estimate of drug-likeness (QED) is 0.716. The third-order valence-electron chi connectivity index (χ3n) is 4.36. The number of aliphatic hydroxyl groups excluding tert-OH is 1. The highest BCUT2D eigenvalue weighted by molar-refractivity contribution is 5.35. The van der Waals surface area contributed by atoms with Crippen LogP contribution >= 0.6 is 0 Å². The molecule has 0 amide bonds. The minimum atomic E-state index is -0.594. The number of benzene rings is 2. The van der Waals surface area contributed by atoms with Gasteiger partial charge < -0.3 is 14.4 Å². The van der Waals surface area contributed by atoms with Crippen LogP contribution < -0.4 is 0 Å². The van der Waals surface area contributed by atoms with E-state index in [2.05, 4.69) is 36.2 Å². The van der Waals surface area contributed by atoms with Crippen molar-refractivity contribution in [1.82, 2.24) is 9.55 Å². The molecule has 0 saturated carbocycles. The maximum absolute atomic E-state index is 10.4. The van der Waals surface area contributed by atoms with Gasteiger partial charge in [-0.15, -0.1) is 0 Å². The monoisotopic (exact) mass is 336 g/mol. The second kappa shape index (κ2) is 8.10. The predicted octanol–water partition coefficient (Wildman–Crippen LogP) is 3.67. The Morgan fingerprint density at radius 2 is 1.76 bits per heavy atom. The first-order chi connectivity index (χ1) is 12.1. The molecule has 2 atom stereocenters. The largest absolute Gasteiger partial charge is 0.389 e. The number of hydrogen-bond donors (Lipinski definition) is 1. The van der Waals surface area contributed by atoms with E-state index in [1.54, 1.807) is 6.20 Å². The second-order valence-electron chi connectivity index (χ2n) is 6.26. The summed E-state index contributed by atoms with van der Waals surface area (Å²) in [6, 6.07) is 18.3. The third-order valence-corrected chi connectivity index (χ3v) is 4.36. The zero-order chi connectivity index (χ0) is 17.6. The maximum atomic E-state index is 10.4. The van der Waals surface area contributed by atoms with Crippen LogP contribution in [0.4, 0.5) is 0 Å². The molecule has 0 fully saturated rings. The molecular weight excluding hydrogens is 312 g/mol. The number of aryl methyl sites for hydroxylation is 2. The average Bonchev–Trinajstić information content (AvgIpc) is 3.02. The standard InChI is InChI=1S/C21H24N2O2/c1-16-8-6-7-11-20(16)21(18-9-4-3-5-10-18)25-15-19(24)14-23-13-12-22-17(23)2/h3-13,19,21,24H,14-15H2,1-2H3/t19-,21+/m0/s1. The van der Waals surface area contributed by atoms with Crippen LogP contribution in [-0.4, -0.2) is 27.4 Å². The number of hydrogen-bond acceptors (Lipinski definition) is 3. The Balaban J connectivity index is 1.74. The molecule has 0 aliphatic carbocycles. The minimum absolute atomic E-state index is 0.194. The molecule has 1 heterocycles. The van der Waals surface area contributed by atoms with E-state index in [-0.39, 0.29) is 12.7 Å². The van der Waals surface area contributed by atoms with Gasteiger partial charge in [0.05, 0.1) is 19.3 Å². The van der Waals surface area contributed by atoms with Crippen LogP contribution in [0.2, 0.25) is 0 Å². The van der Waals surface area contributed by atoms with E-state index in [4.69, 9.17) is 4.74 Å². The molecule has 4 nitrogen and oxygen atoms in total. The molecule has 130 valence electrons. The number of nitrogens with zero attached hydrogens (tertiary/aromatic N) is 2. The molecule has 1 N–H and O–H groups in total. The highest BCUT2D eigenvalue weighted by Crippen LogP contribution is 2.28. The summed E-state index contributed by atoms with van der Waals surface area (Å²) in [5.41, 5.74) is 3.39. The van der Waals surface area contributed by atoms with Gasteiger partial charge in [0.25, 0.3) is 0 Å². The highest BCUT2D eigenvalue weighted by Gasteiger charge is 2.18. The Kier molecular flexibility index (Phi) is 5.64.